The first-order valence-corrected chi connectivity index (χ1v) is 12.1. The van der Waals surface area contributed by atoms with Gasteiger partial charge in [0.1, 0.15) is 5.82 Å². The lowest BCUT2D eigenvalue weighted by atomic mass is 10.0. The maximum atomic E-state index is 13.1. The fourth-order valence-electron chi connectivity index (χ4n) is 4.50. The topological polar surface area (TPSA) is 80.0 Å². The zero-order chi connectivity index (χ0) is 27.2. The van der Waals surface area contributed by atoms with E-state index in [1.54, 1.807) is 41.6 Å². The largest absolute Gasteiger partial charge is 0.434 e. The number of hydrogen-bond acceptors (Lipinski definition) is 6. The van der Waals surface area contributed by atoms with Crippen molar-refractivity contribution in [3.05, 3.63) is 71.9 Å². The van der Waals surface area contributed by atoms with Crippen LogP contribution in [0.3, 0.4) is 0 Å². The van der Waals surface area contributed by atoms with Crippen LogP contribution in [0.15, 0.2) is 55.0 Å². The van der Waals surface area contributed by atoms with Gasteiger partial charge in [0.15, 0.2) is 17.3 Å². The molecule has 0 saturated carbocycles. The zero-order valence-electron chi connectivity index (χ0n) is 21.4. The van der Waals surface area contributed by atoms with Crippen LogP contribution < -0.4 is 9.80 Å². The van der Waals surface area contributed by atoms with E-state index in [9.17, 15) is 18.0 Å². The van der Waals surface area contributed by atoms with Crippen molar-refractivity contribution in [3.8, 4) is 22.8 Å². The third-order valence-electron chi connectivity index (χ3n) is 6.44. The van der Waals surface area contributed by atoms with E-state index in [-0.39, 0.29) is 30.7 Å². The first-order valence-electron chi connectivity index (χ1n) is 12.1. The Hall–Kier alpha value is -4.28. The van der Waals surface area contributed by atoms with Crippen LogP contribution in [-0.2, 0) is 24.6 Å². The molecule has 0 atom stereocenters. The number of pyridine rings is 1. The van der Waals surface area contributed by atoms with Crippen molar-refractivity contribution in [1.82, 2.24) is 24.5 Å². The second-order valence-corrected chi connectivity index (χ2v) is 9.58. The number of hydrogen-bond donors (Lipinski definition) is 0. The number of rotatable bonds is 5. The summed E-state index contributed by atoms with van der Waals surface area (Å²) in [6, 6.07) is 10.7. The number of halogens is 3. The molecule has 0 fully saturated rings. The average molecular weight is 522 g/mol. The molecular formula is C27H26F3N7O. The molecular weight excluding hydrogens is 495 g/mol. The highest BCUT2D eigenvalue weighted by molar-refractivity contribution is 6.01. The first-order chi connectivity index (χ1) is 18.0. The molecule has 0 unspecified atom stereocenters. The number of carbonyl (C=O) groups excluding carboxylic acids is 1. The summed E-state index contributed by atoms with van der Waals surface area (Å²) in [4.78, 5) is 34.2. The van der Waals surface area contributed by atoms with E-state index in [1.165, 1.54) is 11.6 Å². The molecule has 0 spiro atoms. The zero-order valence-corrected chi connectivity index (χ0v) is 21.4. The van der Waals surface area contributed by atoms with Gasteiger partial charge in [0.25, 0.3) is 0 Å². The van der Waals surface area contributed by atoms with Crippen molar-refractivity contribution < 1.29 is 18.0 Å². The summed E-state index contributed by atoms with van der Waals surface area (Å²) in [6.07, 6.45) is -0.0963. The Bertz CT molecular complexity index is 1500. The van der Waals surface area contributed by atoms with Gasteiger partial charge in [-0.05, 0) is 23.6 Å². The third-order valence-corrected chi connectivity index (χ3v) is 6.44. The van der Waals surface area contributed by atoms with Crippen LogP contribution in [0.2, 0.25) is 0 Å². The lowest BCUT2D eigenvalue weighted by Gasteiger charge is -2.34. The molecule has 0 radical (unpaired) electrons. The second-order valence-electron chi connectivity index (χ2n) is 9.58. The summed E-state index contributed by atoms with van der Waals surface area (Å²) in [6.45, 7) is 4.51. The number of fused-ring (bicyclic) bond motifs is 1. The van der Waals surface area contributed by atoms with Crippen molar-refractivity contribution in [2.75, 3.05) is 23.4 Å². The summed E-state index contributed by atoms with van der Waals surface area (Å²) in [7, 11) is 3.34. The third kappa shape index (κ3) is 4.71. The summed E-state index contributed by atoms with van der Waals surface area (Å²) in [5.41, 5.74) is 2.80. The molecule has 1 aliphatic heterocycles. The molecule has 5 rings (SSSR count). The van der Waals surface area contributed by atoms with E-state index in [2.05, 4.69) is 15.0 Å². The quantitative estimate of drug-likeness (QED) is 0.365. The number of anilines is 2. The molecule has 0 aliphatic carbocycles. The molecule has 3 aromatic heterocycles. The Morgan fingerprint density at radius 1 is 1.03 bits per heavy atom. The van der Waals surface area contributed by atoms with Gasteiger partial charge in [-0.25, -0.2) is 15.0 Å². The predicted octanol–water partition coefficient (Wildman–Crippen LogP) is 5.06. The van der Waals surface area contributed by atoms with Gasteiger partial charge in [-0.1, -0.05) is 38.1 Å². The number of amides is 1. The number of benzene rings is 1. The van der Waals surface area contributed by atoms with E-state index in [1.807, 2.05) is 37.9 Å². The molecule has 1 aromatic carbocycles. The molecule has 11 heteroatoms. The second kappa shape index (κ2) is 9.55. The van der Waals surface area contributed by atoms with Crippen molar-refractivity contribution in [2.45, 2.75) is 32.5 Å². The molecule has 1 amide bonds. The lowest BCUT2D eigenvalue weighted by Crippen LogP contribution is -2.44. The van der Waals surface area contributed by atoms with Gasteiger partial charge in [0.05, 0.1) is 30.7 Å². The van der Waals surface area contributed by atoms with Crippen LogP contribution in [0, 0.1) is 0 Å². The molecule has 4 heterocycles. The van der Waals surface area contributed by atoms with E-state index < -0.39 is 11.9 Å². The summed E-state index contributed by atoms with van der Waals surface area (Å²) in [5.74, 6) is 1.23. The Morgan fingerprint density at radius 3 is 2.42 bits per heavy atom. The number of nitrogens with zero attached hydrogens (tertiary/aromatic N) is 7. The summed E-state index contributed by atoms with van der Waals surface area (Å²) in [5, 5.41) is 0. The molecule has 1 aliphatic rings. The van der Waals surface area contributed by atoms with Crippen LogP contribution in [-0.4, -0.2) is 44.0 Å². The van der Waals surface area contributed by atoms with E-state index in [0.717, 1.165) is 28.7 Å². The highest BCUT2D eigenvalue weighted by Crippen LogP contribution is 2.35. The maximum absolute atomic E-state index is 13.1. The fourth-order valence-corrected chi connectivity index (χ4v) is 4.50. The fraction of sp³-hybridized carbons (Fsp3) is 0.296. The Kier molecular flexibility index (Phi) is 6.38. The molecule has 196 valence electrons. The van der Waals surface area contributed by atoms with E-state index >= 15 is 0 Å². The van der Waals surface area contributed by atoms with Crippen LogP contribution in [0.25, 0.3) is 22.8 Å². The first kappa shape index (κ1) is 25.4. The normalized spacial score (nSPS) is 13.8. The number of aryl methyl sites for hydroxylation is 1. The molecule has 0 bridgehead atoms. The molecule has 4 aromatic rings. The van der Waals surface area contributed by atoms with Gasteiger partial charge in [0, 0.05) is 37.6 Å². The number of alkyl halides is 3. The van der Waals surface area contributed by atoms with Gasteiger partial charge in [0.2, 0.25) is 5.91 Å². The van der Waals surface area contributed by atoms with Gasteiger partial charge in [-0.15, -0.1) is 0 Å². The SMILES string of the molecule is CC(C)c1ncccc1-c1ncc2c(n1)N(Cc1ccc(-c3nc(C(F)(F)F)cn3C)cc1)C(=O)CN2C. The van der Waals surface area contributed by atoms with Crippen molar-refractivity contribution >= 4 is 17.4 Å². The van der Waals surface area contributed by atoms with Crippen molar-refractivity contribution in [3.63, 3.8) is 0 Å². The minimum absolute atomic E-state index is 0.122. The number of aromatic nitrogens is 5. The average Bonchev–Trinajstić information content (AvgIpc) is 3.28. The van der Waals surface area contributed by atoms with Crippen LogP contribution in [0.4, 0.5) is 24.7 Å². The Labute approximate surface area is 217 Å². The van der Waals surface area contributed by atoms with Crippen LogP contribution >= 0.6 is 0 Å². The lowest BCUT2D eigenvalue weighted by molar-refractivity contribution is -0.140. The number of carbonyl (C=O) groups is 1. The standard InChI is InChI=1S/C27H26F3N7O/c1-16(2)23-19(6-5-11-31-23)24-32-12-20-26(34-24)37(22(38)15-35(20)3)13-17-7-9-18(10-8-17)25-33-21(14-36(25)4)27(28,29)30/h5-12,14,16H,13,15H2,1-4H3. The molecule has 38 heavy (non-hydrogen) atoms. The molecule has 0 N–H and O–H groups in total. The minimum Gasteiger partial charge on any atom is -0.361 e. The highest BCUT2D eigenvalue weighted by atomic mass is 19.4. The maximum Gasteiger partial charge on any atom is 0.434 e. The Balaban J connectivity index is 1.47. The number of imidazole rings is 1. The van der Waals surface area contributed by atoms with E-state index in [4.69, 9.17) is 4.98 Å². The smallest absolute Gasteiger partial charge is 0.361 e. The number of likely N-dealkylation sites (N-methyl/N-ethyl adjacent to an activating group) is 1. The van der Waals surface area contributed by atoms with Gasteiger partial charge in [-0.2, -0.15) is 13.2 Å². The molecule has 8 nitrogen and oxygen atoms in total. The predicted molar refractivity (Wildman–Crippen MR) is 137 cm³/mol. The van der Waals surface area contributed by atoms with Gasteiger partial charge < -0.3 is 9.47 Å². The van der Waals surface area contributed by atoms with Crippen LogP contribution in [0.5, 0.6) is 0 Å². The Morgan fingerprint density at radius 2 is 1.76 bits per heavy atom. The van der Waals surface area contributed by atoms with Crippen LogP contribution in [0.1, 0.15) is 36.7 Å². The van der Waals surface area contributed by atoms with E-state index in [0.29, 0.717) is 17.2 Å². The molecule has 0 saturated heterocycles. The van der Waals surface area contributed by atoms with Gasteiger partial charge >= 0.3 is 6.18 Å². The monoisotopic (exact) mass is 521 g/mol. The van der Waals surface area contributed by atoms with Crippen molar-refractivity contribution in [1.29, 1.82) is 0 Å². The minimum atomic E-state index is -4.52. The summed E-state index contributed by atoms with van der Waals surface area (Å²) < 4.78 is 40.6. The highest BCUT2D eigenvalue weighted by Gasteiger charge is 2.35. The van der Waals surface area contributed by atoms with Gasteiger partial charge in [-0.3, -0.25) is 14.7 Å². The van der Waals surface area contributed by atoms with Crippen molar-refractivity contribution in [2.24, 2.45) is 7.05 Å². The summed E-state index contributed by atoms with van der Waals surface area (Å²) >= 11 is 0.